The maximum absolute atomic E-state index is 5.29. The summed E-state index contributed by atoms with van der Waals surface area (Å²) in [4.78, 5) is 7.70. The fraction of sp³-hybridized carbons (Fsp3) is 0.462. The van der Waals surface area contributed by atoms with Gasteiger partial charge in [0.05, 0.1) is 11.9 Å². The van der Waals surface area contributed by atoms with Crippen LogP contribution in [0.1, 0.15) is 31.7 Å². The predicted octanol–water partition coefficient (Wildman–Crippen LogP) is 3.28. The highest BCUT2D eigenvalue weighted by molar-refractivity contribution is 7.71. The van der Waals surface area contributed by atoms with E-state index >= 15 is 0 Å². The molecule has 2 aromatic heterocycles. The number of aryl methyl sites for hydroxylation is 2. The van der Waals surface area contributed by atoms with Crippen LogP contribution < -0.4 is 0 Å². The van der Waals surface area contributed by atoms with Crippen LogP contribution in [-0.2, 0) is 13.0 Å². The van der Waals surface area contributed by atoms with Gasteiger partial charge < -0.3 is 4.98 Å². The summed E-state index contributed by atoms with van der Waals surface area (Å²) in [6.45, 7) is 7.14. The molecule has 0 radical (unpaired) electrons. The van der Waals surface area contributed by atoms with Gasteiger partial charge >= 0.3 is 0 Å². The number of hydrogen-bond donors (Lipinski definition) is 1. The molecule has 0 unspecified atom stereocenters. The van der Waals surface area contributed by atoms with Gasteiger partial charge in [0.25, 0.3) is 0 Å². The zero-order valence-corrected chi connectivity index (χ0v) is 11.8. The second kappa shape index (κ2) is 5.44. The Morgan fingerprint density at radius 2 is 2.17 bits per heavy atom. The van der Waals surface area contributed by atoms with Crippen molar-refractivity contribution in [2.24, 2.45) is 0 Å². The summed E-state index contributed by atoms with van der Waals surface area (Å²) in [5.74, 6) is 0.920. The van der Waals surface area contributed by atoms with Gasteiger partial charge in [0, 0.05) is 30.3 Å². The lowest BCUT2D eigenvalue weighted by Gasteiger charge is -2.06. The van der Waals surface area contributed by atoms with E-state index in [0.717, 1.165) is 42.0 Å². The number of rotatable bonds is 4. The number of H-pyrrole nitrogens is 1. The fourth-order valence-corrected chi connectivity index (χ4v) is 2.09. The molecule has 2 rings (SSSR count). The number of aromatic nitrogens is 4. The molecule has 2 heterocycles. The standard InChI is InChI=1S/C13H18N4S/c1-4-6-17-8-10(7-14-17)12-9(3)13(18)16-11(5-2)15-12/h7-8H,4-6H2,1-3H3,(H,15,16,18). The van der Waals surface area contributed by atoms with Gasteiger partial charge in [-0.15, -0.1) is 0 Å². The minimum atomic E-state index is 0.670. The predicted molar refractivity (Wildman–Crippen MR) is 75.0 cm³/mol. The van der Waals surface area contributed by atoms with Gasteiger partial charge in [-0.1, -0.05) is 26.1 Å². The minimum Gasteiger partial charge on any atom is -0.343 e. The first kappa shape index (κ1) is 13.0. The second-order valence-corrected chi connectivity index (χ2v) is 4.72. The third-order valence-corrected chi connectivity index (χ3v) is 3.31. The molecule has 0 amide bonds. The maximum atomic E-state index is 5.29. The highest BCUT2D eigenvalue weighted by Crippen LogP contribution is 2.21. The Labute approximate surface area is 112 Å². The molecule has 18 heavy (non-hydrogen) atoms. The Morgan fingerprint density at radius 1 is 1.39 bits per heavy atom. The number of nitrogens with zero attached hydrogens (tertiary/aromatic N) is 3. The number of nitrogens with one attached hydrogen (secondary N) is 1. The highest BCUT2D eigenvalue weighted by atomic mass is 32.1. The van der Waals surface area contributed by atoms with Crippen molar-refractivity contribution >= 4 is 12.2 Å². The van der Waals surface area contributed by atoms with Gasteiger partial charge in [0.15, 0.2) is 0 Å². The molecular formula is C13H18N4S. The lowest BCUT2D eigenvalue weighted by molar-refractivity contribution is 0.603. The molecule has 0 aliphatic rings. The van der Waals surface area contributed by atoms with E-state index in [0.29, 0.717) is 4.64 Å². The summed E-state index contributed by atoms with van der Waals surface area (Å²) in [7, 11) is 0. The Kier molecular flexibility index (Phi) is 3.91. The molecule has 0 fully saturated rings. The molecule has 4 nitrogen and oxygen atoms in total. The molecule has 0 bridgehead atoms. The van der Waals surface area contributed by atoms with Gasteiger partial charge in [-0.2, -0.15) is 5.10 Å². The van der Waals surface area contributed by atoms with Crippen LogP contribution in [0.3, 0.4) is 0 Å². The van der Waals surface area contributed by atoms with Gasteiger partial charge in [-0.05, 0) is 13.3 Å². The molecule has 0 saturated carbocycles. The largest absolute Gasteiger partial charge is 0.343 e. The van der Waals surface area contributed by atoms with Gasteiger partial charge in [-0.25, -0.2) is 4.98 Å². The van der Waals surface area contributed by atoms with E-state index in [1.807, 2.05) is 17.8 Å². The third kappa shape index (κ3) is 2.51. The van der Waals surface area contributed by atoms with Crippen molar-refractivity contribution in [3.8, 4) is 11.3 Å². The van der Waals surface area contributed by atoms with E-state index in [2.05, 4.69) is 35.1 Å². The molecular weight excluding hydrogens is 244 g/mol. The Bertz CT molecular complexity index is 597. The molecule has 0 saturated heterocycles. The van der Waals surface area contributed by atoms with Gasteiger partial charge in [-0.3, -0.25) is 4.68 Å². The van der Waals surface area contributed by atoms with E-state index < -0.39 is 0 Å². The van der Waals surface area contributed by atoms with Crippen LogP contribution in [0.25, 0.3) is 11.3 Å². The first-order valence-electron chi connectivity index (χ1n) is 6.28. The quantitative estimate of drug-likeness (QED) is 0.860. The van der Waals surface area contributed by atoms with Crippen molar-refractivity contribution in [2.45, 2.75) is 40.2 Å². The van der Waals surface area contributed by atoms with Crippen LogP contribution in [0.4, 0.5) is 0 Å². The van der Waals surface area contributed by atoms with Crippen molar-refractivity contribution in [3.05, 3.63) is 28.4 Å². The Morgan fingerprint density at radius 3 is 2.83 bits per heavy atom. The molecule has 0 aliphatic heterocycles. The van der Waals surface area contributed by atoms with Crippen LogP contribution in [0, 0.1) is 11.6 Å². The second-order valence-electron chi connectivity index (χ2n) is 4.33. The van der Waals surface area contributed by atoms with Gasteiger partial charge in [0.1, 0.15) is 10.5 Å². The maximum Gasteiger partial charge on any atom is 0.133 e. The molecule has 0 aliphatic carbocycles. The Hall–Kier alpha value is -1.49. The normalized spacial score (nSPS) is 10.8. The van der Waals surface area contributed by atoms with E-state index in [4.69, 9.17) is 12.2 Å². The molecule has 0 spiro atoms. The van der Waals surface area contributed by atoms with Crippen molar-refractivity contribution in [1.82, 2.24) is 19.7 Å². The van der Waals surface area contributed by atoms with Crippen molar-refractivity contribution in [3.63, 3.8) is 0 Å². The monoisotopic (exact) mass is 262 g/mol. The SMILES string of the molecule is CCCn1cc(-c2[nH]c(CC)nc(=S)c2C)cn1. The van der Waals surface area contributed by atoms with E-state index in [1.165, 1.54) is 0 Å². The average Bonchev–Trinajstić information content (AvgIpc) is 2.81. The summed E-state index contributed by atoms with van der Waals surface area (Å²) in [5, 5.41) is 4.35. The molecule has 5 heteroatoms. The van der Waals surface area contributed by atoms with E-state index in [1.54, 1.807) is 0 Å². The van der Waals surface area contributed by atoms with Gasteiger partial charge in [0.2, 0.25) is 0 Å². The van der Waals surface area contributed by atoms with Crippen LogP contribution in [0.2, 0.25) is 0 Å². The van der Waals surface area contributed by atoms with Crippen LogP contribution in [-0.4, -0.2) is 19.7 Å². The van der Waals surface area contributed by atoms with E-state index in [-0.39, 0.29) is 0 Å². The fourth-order valence-electron chi connectivity index (χ4n) is 1.88. The van der Waals surface area contributed by atoms with Crippen LogP contribution in [0.15, 0.2) is 12.4 Å². The molecule has 0 atom stereocenters. The zero-order valence-electron chi connectivity index (χ0n) is 11.0. The summed E-state index contributed by atoms with van der Waals surface area (Å²) >= 11 is 5.29. The minimum absolute atomic E-state index is 0.670. The zero-order chi connectivity index (χ0) is 13.1. The molecule has 96 valence electrons. The molecule has 0 aromatic carbocycles. The van der Waals surface area contributed by atoms with Crippen molar-refractivity contribution < 1.29 is 0 Å². The van der Waals surface area contributed by atoms with Crippen molar-refractivity contribution in [2.75, 3.05) is 0 Å². The topological polar surface area (TPSA) is 46.5 Å². The summed E-state index contributed by atoms with van der Waals surface area (Å²) < 4.78 is 2.63. The number of aromatic amines is 1. The highest BCUT2D eigenvalue weighted by Gasteiger charge is 2.08. The molecule has 1 N–H and O–H groups in total. The third-order valence-electron chi connectivity index (χ3n) is 2.91. The smallest absolute Gasteiger partial charge is 0.133 e. The Balaban J connectivity index is 2.48. The summed E-state index contributed by atoms with van der Waals surface area (Å²) in [6.07, 6.45) is 5.85. The summed E-state index contributed by atoms with van der Waals surface area (Å²) in [5.41, 5.74) is 3.12. The summed E-state index contributed by atoms with van der Waals surface area (Å²) in [6, 6.07) is 0. The average molecular weight is 262 g/mol. The van der Waals surface area contributed by atoms with E-state index in [9.17, 15) is 0 Å². The lowest BCUT2D eigenvalue weighted by Crippen LogP contribution is -1.99. The molecule has 2 aromatic rings. The van der Waals surface area contributed by atoms with Crippen molar-refractivity contribution in [1.29, 1.82) is 0 Å². The lowest BCUT2D eigenvalue weighted by atomic mass is 10.1. The first-order valence-corrected chi connectivity index (χ1v) is 6.69. The van der Waals surface area contributed by atoms with Crippen LogP contribution in [0.5, 0.6) is 0 Å². The van der Waals surface area contributed by atoms with Crippen LogP contribution >= 0.6 is 12.2 Å². The first-order chi connectivity index (χ1) is 8.65. The number of hydrogen-bond acceptors (Lipinski definition) is 3.